The summed E-state index contributed by atoms with van der Waals surface area (Å²) in [5.74, 6) is 0.396. The molecule has 0 radical (unpaired) electrons. The van der Waals surface area contributed by atoms with Crippen molar-refractivity contribution in [2.75, 3.05) is 11.9 Å². The van der Waals surface area contributed by atoms with Crippen molar-refractivity contribution >= 4 is 11.6 Å². The highest BCUT2D eigenvalue weighted by Crippen LogP contribution is 2.14. The Morgan fingerprint density at radius 3 is 2.50 bits per heavy atom. The lowest BCUT2D eigenvalue weighted by Gasteiger charge is -2.09. The third-order valence-corrected chi connectivity index (χ3v) is 2.90. The highest BCUT2D eigenvalue weighted by atomic mass is 16.5. The first-order valence-electron chi connectivity index (χ1n) is 6.37. The number of ether oxygens (including phenoxy) is 1. The number of aliphatic hydroxyl groups excluding tert-OH is 1. The van der Waals surface area contributed by atoms with Gasteiger partial charge in [-0.3, -0.25) is 4.79 Å². The van der Waals surface area contributed by atoms with Gasteiger partial charge in [0.1, 0.15) is 5.75 Å². The van der Waals surface area contributed by atoms with Crippen molar-refractivity contribution in [3.05, 3.63) is 59.7 Å². The molecule has 4 heteroatoms. The Bertz CT molecular complexity index is 579. The average Bonchev–Trinajstić information content (AvgIpc) is 2.48. The molecule has 0 heterocycles. The van der Waals surface area contributed by atoms with E-state index < -0.39 is 0 Å². The molecule has 0 saturated carbocycles. The summed E-state index contributed by atoms with van der Waals surface area (Å²) in [7, 11) is 0. The monoisotopic (exact) mass is 271 g/mol. The maximum atomic E-state index is 11.8. The molecular weight excluding hydrogens is 254 g/mol. The Hall–Kier alpha value is -2.33. The van der Waals surface area contributed by atoms with Gasteiger partial charge in [-0.15, -0.1) is 0 Å². The van der Waals surface area contributed by atoms with Crippen molar-refractivity contribution < 1.29 is 14.6 Å². The molecule has 0 atom stereocenters. The largest absolute Gasteiger partial charge is 0.484 e. The topological polar surface area (TPSA) is 58.6 Å². The number of nitrogens with one attached hydrogen (secondary N) is 1. The highest BCUT2D eigenvalue weighted by molar-refractivity contribution is 5.92. The van der Waals surface area contributed by atoms with Crippen molar-refractivity contribution in [1.29, 1.82) is 0 Å². The molecule has 0 fully saturated rings. The maximum absolute atomic E-state index is 11.8. The number of hydrogen-bond donors (Lipinski definition) is 2. The normalized spacial score (nSPS) is 10.1. The minimum atomic E-state index is -0.203. The fourth-order valence-electron chi connectivity index (χ4n) is 1.74. The zero-order chi connectivity index (χ0) is 14.4. The van der Waals surface area contributed by atoms with Gasteiger partial charge in [0.15, 0.2) is 6.61 Å². The Morgan fingerprint density at radius 2 is 1.85 bits per heavy atom. The van der Waals surface area contributed by atoms with Crippen LogP contribution in [0.25, 0.3) is 0 Å². The van der Waals surface area contributed by atoms with Crippen LogP contribution in [0.1, 0.15) is 11.1 Å². The fourth-order valence-corrected chi connectivity index (χ4v) is 1.74. The molecule has 4 nitrogen and oxygen atoms in total. The van der Waals surface area contributed by atoms with Gasteiger partial charge in [-0.25, -0.2) is 0 Å². The molecule has 20 heavy (non-hydrogen) atoms. The van der Waals surface area contributed by atoms with Crippen LogP contribution < -0.4 is 10.1 Å². The van der Waals surface area contributed by atoms with Crippen molar-refractivity contribution in [2.45, 2.75) is 13.5 Å². The van der Waals surface area contributed by atoms with Crippen LogP contribution in [0.2, 0.25) is 0 Å². The summed E-state index contributed by atoms with van der Waals surface area (Å²) in [4.78, 5) is 11.8. The van der Waals surface area contributed by atoms with Gasteiger partial charge < -0.3 is 15.2 Å². The summed E-state index contributed by atoms with van der Waals surface area (Å²) >= 11 is 0. The number of amides is 1. The third kappa shape index (κ3) is 3.83. The van der Waals surface area contributed by atoms with Crippen molar-refractivity contribution in [3.8, 4) is 5.75 Å². The summed E-state index contributed by atoms with van der Waals surface area (Å²) in [6.07, 6.45) is 0. The summed E-state index contributed by atoms with van der Waals surface area (Å²) in [6, 6.07) is 14.6. The second-order valence-electron chi connectivity index (χ2n) is 4.45. The third-order valence-electron chi connectivity index (χ3n) is 2.90. The van der Waals surface area contributed by atoms with E-state index in [1.807, 2.05) is 31.2 Å². The number of para-hydroxylation sites is 1. The molecule has 2 rings (SSSR count). The van der Waals surface area contributed by atoms with Gasteiger partial charge in [-0.05, 0) is 36.2 Å². The van der Waals surface area contributed by atoms with Gasteiger partial charge in [-0.2, -0.15) is 0 Å². The molecule has 0 aliphatic carbocycles. The number of rotatable bonds is 5. The molecule has 0 unspecified atom stereocenters. The first-order chi connectivity index (χ1) is 9.69. The lowest BCUT2D eigenvalue weighted by molar-refractivity contribution is -0.118. The maximum Gasteiger partial charge on any atom is 0.262 e. The zero-order valence-electron chi connectivity index (χ0n) is 11.3. The van der Waals surface area contributed by atoms with Crippen LogP contribution in [-0.4, -0.2) is 17.6 Å². The van der Waals surface area contributed by atoms with Crippen LogP contribution in [0.3, 0.4) is 0 Å². The molecule has 104 valence electrons. The molecule has 0 aliphatic heterocycles. The molecular formula is C16H17NO3. The number of hydrogen-bond acceptors (Lipinski definition) is 3. The summed E-state index contributed by atoms with van der Waals surface area (Å²) in [6.45, 7) is 1.88. The molecule has 2 aromatic rings. The lowest BCUT2D eigenvalue weighted by Crippen LogP contribution is -2.20. The van der Waals surface area contributed by atoms with Gasteiger partial charge in [0.05, 0.1) is 6.61 Å². The molecule has 2 N–H and O–H groups in total. The molecule has 2 aromatic carbocycles. The van der Waals surface area contributed by atoms with Gasteiger partial charge in [0, 0.05) is 5.69 Å². The highest BCUT2D eigenvalue weighted by Gasteiger charge is 2.05. The van der Waals surface area contributed by atoms with E-state index in [1.165, 1.54) is 0 Å². The van der Waals surface area contributed by atoms with E-state index in [2.05, 4.69) is 5.32 Å². The number of anilines is 1. The van der Waals surface area contributed by atoms with Crippen molar-refractivity contribution in [2.24, 2.45) is 0 Å². The minimum absolute atomic E-state index is 0.00590. The molecule has 1 amide bonds. The first kappa shape index (κ1) is 14.1. The minimum Gasteiger partial charge on any atom is -0.484 e. The predicted molar refractivity (Wildman–Crippen MR) is 77.7 cm³/mol. The number of aryl methyl sites for hydroxylation is 1. The van der Waals surface area contributed by atoms with E-state index in [-0.39, 0.29) is 19.1 Å². The van der Waals surface area contributed by atoms with Crippen LogP contribution in [0.4, 0.5) is 5.69 Å². The van der Waals surface area contributed by atoms with E-state index in [0.29, 0.717) is 5.75 Å². The molecule has 0 aliphatic rings. The quantitative estimate of drug-likeness (QED) is 0.878. The van der Waals surface area contributed by atoms with Gasteiger partial charge >= 0.3 is 0 Å². The number of carbonyl (C=O) groups excluding carboxylic acids is 1. The van der Waals surface area contributed by atoms with E-state index >= 15 is 0 Å². The van der Waals surface area contributed by atoms with Crippen molar-refractivity contribution in [1.82, 2.24) is 0 Å². The van der Waals surface area contributed by atoms with E-state index in [0.717, 1.165) is 16.8 Å². The Kier molecular flexibility index (Phi) is 4.74. The van der Waals surface area contributed by atoms with Crippen LogP contribution in [0.15, 0.2) is 48.5 Å². The average molecular weight is 271 g/mol. The first-order valence-corrected chi connectivity index (χ1v) is 6.37. The number of benzene rings is 2. The Balaban J connectivity index is 1.87. The molecule has 0 aromatic heterocycles. The molecule has 0 saturated heterocycles. The fraction of sp³-hybridized carbons (Fsp3) is 0.188. The SMILES string of the molecule is Cc1ccccc1NC(=O)COc1ccc(CO)cc1. The summed E-state index contributed by atoms with van der Waals surface area (Å²) in [5.41, 5.74) is 2.60. The van der Waals surface area contributed by atoms with Crippen LogP contribution in [0.5, 0.6) is 5.75 Å². The molecule has 0 spiro atoms. The van der Waals surface area contributed by atoms with E-state index in [1.54, 1.807) is 24.3 Å². The number of carbonyl (C=O) groups is 1. The van der Waals surface area contributed by atoms with Crippen LogP contribution >= 0.6 is 0 Å². The standard InChI is InChI=1S/C16H17NO3/c1-12-4-2-3-5-15(12)17-16(19)11-20-14-8-6-13(10-18)7-9-14/h2-9,18H,10-11H2,1H3,(H,17,19). The van der Waals surface area contributed by atoms with Crippen molar-refractivity contribution in [3.63, 3.8) is 0 Å². The second-order valence-corrected chi connectivity index (χ2v) is 4.45. The van der Waals surface area contributed by atoms with Gasteiger partial charge in [-0.1, -0.05) is 30.3 Å². The van der Waals surface area contributed by atoms with Crippen LogP contribution in [0, 0.1) is 6.92 Å². The summed E-state index contributed by atoms with van der Waals surface area (Å²) < 4.78 is 5.39. The van der Waals surface area contributed by atoms with Gasteiger partial charge in [0.2, 0.25) is 0 Å². The Labute approximate surface area is 118 Å². The Morgan fingerprint density at radius 1 is 1.15 bits per heavy atom. The molecule has 0 bridgehead atoms. The second kappa shape index (κ2) is 6.73. The van der Waals surface area contributed by atoms with Crippen LogP contribution in [-0.2, 0) is 11.4 Å². The smallest absolute Gasteiger partial charge is 0.262 e. The number of aliphatic hydroxyl groups is 1. The van der Waals surface area contributed by atoms with E-state index in [9.17, 15) is 4.79 Å². The predicted octanol–water partition coefficient (Wildman–Crippen LogP) is 2.50. The summed E-state index contributed by atoms with van der Waals surface area (Å²) in [5, 5.41) is 11.7. The zero-order valence-corrected chi connectivity index (χ0v) is 11.3. The lowest BCUT2D eigenvalue weighted by atomic mass is 10.2. The van der Waals surface area contributed by atoms with Gasteiger partial charge in [0.25, 0.3) is 5.91 Å². The van der Waals surface area contributed by atoms with E-state index in [4.69, 9.17) is 9.84 Å².